The molecule has 0 saturated heterocycles. The quantitative estimate of drug-likeness (QED) is 0.453. The number of halogens is 1. The Morgan fingerprint density at radius 2 is 1.94 bits per heavy atom. The Morgan fingerprint density at radius 1 is 1.11 bits per heavy atom. The molecule has 0 bridgehead atoms. The number of ether oxygens (including phenoxy) is 1. The van der Waals surface area contributed by atoms with E-state index in [-0.39, 0.29) is 0 Å². The van der Waals surface area contributed by atoms with Crippen LogP contribution >= 0.6 is 27.7 Å². The summed E-state index contributed by atoms with van der Waals surface area (Å²) in [5.41, 5.74) is 1.01. The molecular formula is C14H14BrNOS. The number of hydrogen-bond donors (Lipinski definition) is 0. The van der Waals surface area contributed by atoms with Gasteiger partial charge in [-0.2, -0.15) is 0 Å². The van der Waals surface area contributed by atoms with Gasteiger partial charge < -0.3 is 4.74 Å². The van der Waals surface area contributed by atoms with Gasteiger partial charge in [-0.15, -0.1) is 11.8 Å². The summed E-state index contributed by atoms with van der Waals surface area (Å²) in [4.78, 5) is 5.53. The lowest BCUT2D eigenvalue weighted by atomic mass is 10.4. The van der Waals surface area contributed by atoms with Crippen molar-refractivity contribution < 1.29 is 4.74 Å². The molecule has 0 N–H and O–H groups in total. The number of thioether (sulfide) groups is 1. The molecule has 1 heterocycles. The molecule has 0 aliphatic heterocycles. The number of aromatic nitrogens is 1. The monoisotopic (exact) mass is 323 g/mol. The van der Waals surface area contributed by atoms with Crippen LogP contribution in [-0.4, -0.2) is 17.3 Å². The van der Waals surface area contributed by atoms with E-state index in [1.165, 1.54) is 4.90 Å². The number of nitrogens with zero attached hydrogens (tertiary/aromatic N) is 1. The van der Waals surface area contributed by atoms with Crippen LogP contribution in [0.5, 0.6) is 5.75 Å². The second-order valence-corrected chi connectivity index (χ2v) is 5.36. The van der Waals surface area contributed by atoms with Crippen LogP contribution in [0, 0.1) is 0 Å². The van der Waals surface area contributed by atoms with Gasteiger partial charge >= 0.3 is 0 Å². The largest absolute Gasteiger partial charge is 0.491 e. The smallest absolute Gasteiger partial charge is 0.137 e. The Kier molecular flexibility index (Phi) is 5.55. The van der Waals surface area contributed by atoms with Gasteiger partial charge in [0.2, 0.25) is 0 Å². The standard InChI is InChI=1S/C14H14BrNOS/c15-10-12-6-7-13(11-16-12)17-8-9-18-14-4-2-1-3-5-14/h1-7,11H,8-10H2. The third kappa shape index (κ3) is 4.35. The van der Waals surface area contributed by atoms with Crippen LogP contribution in [-0.2, 0) is 5.33 Å². The molecule has 2 aromatic rings. The summed E-state index contributed by atoms with van der Waals surface area (Å²) >= 11 is 5.16. The number of benzene rings is 1. The first-order chi connectivity index (χ1) is 8.88. The van der Waals surface area contributed by atoms with E-state index < -0.39 is 0 Å². The van der Waals surface area contributed by atoms with E-state index >= 15 is 0 Å². The molecule has 0 atom stereocenters. The lowest BCUT2D eigenvalue weighted by molar-refractivity contribution is 0.342. The average molecular weight is 324 g/mol. The number of pyridine rings is 1. The minimum atomic E-state index is 0.689. The van der Waals surface area contributed by atoms with Crippen molar-refractivity contribution in [3.05, 3.63) is 54.4 Å². The highest BCUT2D eigenvalue weighted by Crippen LogP contribution is 2.17. The third-order valence-electron chi connectivity index (χ3n) is 2.30. The summed E-state index contributed by atoms with van der Waals surface area (Å²) in [7, 11) is 0. The molecule has 0 aliphatic rings. The molecule has 1 aromatic heterocycles. The number of rotatable bonds is 6. The van der Waals surface area contributed by atoms with Gasteiger partial charge in [-0.3, -0.25) is 4.98 Å². The maximum atomic E-state index is 5.63. The summed E-state index contributed by atoms with van der Waals surface area (Å²) in [6.07, 6.45) is 1.77. The van der Waals surface area contributed by atoms with Gasteiger partial charge in [-0.1, -0.05) is 34.1 Å². The van der Waals surface area contributed by atoms with Crippen molar-refractivity contribution >= 4 is 27.7 Å². The zero-order chi connectivity index (χ0) is 12.6. The third-order valence-corrected chi connectivity index (χ3v) is 3.85. The summed E-state index contributed by atoms with van der Waals surface area (Å²) in [5, 5.41) is 0.775. The van der Waals surface area contributed by atoms with Gasteiger partial charge in [0.25, 0.3) is 0 Å². The Bertz CT molecular complexity index is 461. The SMILES string of the molecule is BrCc1ccc(OCCSc2ccccc2)cn1. The van der Waals surface area contributed by atoms with E-state index in [0.717, 1.165) is 22.5 Å². The van der Waals surface area contributed by atoms with Crippen LogP contribution < -0.4 is 4.74 Å². The normalized spacial score (nSPS) is 10.3. The highest BCUT2D eigenvalue weighted by atomic mass is 79.9. The van der Waals surface area contributed by atoms with Gasteiger partial charge in [0.15, 0.2) is 0 Å². The average Bonchev–Trinajstić information content (AvgIpc) is 2.45. The highest BCUT2D eigenvalue weighted by Gasteiger charge is 1.97. The van der Waals surface area contributed by atoms with Gasteiger partial charge in [-0.05, 0) is 24.3 Å². The van der Waals surface area contributed by atoms with Gasteiger partial charge in [-0.25, -0.2) is 0 Å². The summed E-state index contributed by atoms with van der Waals surface area (Å²) in [5.74, 6) is 1.76. The van der Waals surface area contributed by atoms with Crippen molar-refractivity contribution in [2.24, 2.45) is 0 Å². The van der Waals surface area contributed by atoms with E-state index in [1.807, 2.05) is 30.3 Å². The Hall–Kier alpha value is -1.00. The lowest BCUT2D eigenvalue weighted by Crippen LogP contribution is -2.00. The molecule has 94 valence electrons. The maximum Gasteiger partial charge on any atom is 0.137 e. The molecule has 0 aliphatic carbocycles. The van der Waals surface area contributed by atoms with Crippen molar-refractivity contribution in [1.82, 2.24) is 4.98 Å². The van der Waals surface area contributed by atoms with Gasteiger partial charge in [0.05, 0.1) is 18.5 Å². The predicted octanol–water partition coefficient (Wildman–Crippen LogP) is 4.15. The molecule has 0 unspecified atom stereocenters. The predicted molar refractivity (Wildman–Crippen MR) is 79.5 cm³/mol. The first-order valence-corrected chi connectivity index (χ1v) is 7.81. The minimum absolute atomic E-state index is 0.689. The van der Waals surface area contributed by atoms with Crippen LogP contribution in [0.2, 0.25) is 0 Å². The van der Waals surface area contributed by atoms with Crippen molar-refractivity contribution in [2.75, 3.05) is 12.4 Å². The van der Waals surface area contributed by atoms with Gasteiger partial charge in [0.1, 0.15) is 5.75 Å². The van der Waals surface area contributed by atoms with E-state index in [1.54, 1.807) is 18.0 Å². The Balaban J connectivity index is 1.72. The van der Waals surface area contributed by atoms with E-state index in [9.17, 15) is 0 Å². The van der Waals surface area contributed by atoms with E-state index in [2.05, 4.69) is 33.0 Å². The molecular weight excluding hydrogens is 310 g/mol. The van der Waals surface area contributed by atoms with Crippen LogP contribution in [0.25, 0.3) is 0 Å². The number of alkyl halides is 1. The van der Waals surface area contributed by atoms with Crippen molar-refractivity contribution in [1.29, 1.82) is 0 Å². The molecule has 0 saturated carbocycles. The van der Waals surface area contributed by atoms with E-state index in [0.29, 0.717) is 6.61 Å². The van der Waals surface area contributed by atoms with Crippen LogP contribution in [0.3, 0.4) is 0 Å². The summed E-state index contributed by atoms with van der Waals surface area (Å²) < 4.78 is 5.63. The van der Waals surface area contributed by atoms with Gasteiger partial charge in [0, 0.05) is 16.0 Å². The fourth-order valence-corrected chi connectivity index (χ4v) is 2.49. The molecule has 2 rings (SSSR count). The lowest BCUT2D eigenvalue weighted by Gasteiger charge is -2.06. The van der Waals surface area contributed by atoms with Crippen LogP contribution in [0.4, 0.5) is 0 Å². The first-order valence-electron chi connectivity index (χ1n) is 5.70. The topological polar surface area (TPSA) is 22.1 Å². The zero-order valence-corrected chi connectivity index (χ0v) is 12.3. The molecule has 2 nitrogen and oxygen atoms in total. The Labute approximate surface area is 120 Å². The van der Waals surface area contributed by atoms with E-state index in [4.69, 9.17) is 4.74 Å². The molecule has 0 fully saturated rings. The molecule has 4 heteroatoms. The first kappa shape index (κ1) is 13.4. The Morgan fingerprint density at radius 3 is 2.61 bits per heavy atom. The zero-order valence-electron chi connectivity index (χ0n) is 9.88. The molecule has 0 amide bonds. The molecule has 0 spiro atoms. The highest BCUT2D eigenvalue weighted by molar-refractivity contribution is 9.08. The molecule has 1 aromatic carbocycles. The van der Waals surface area contributed by atoms with Crippen molar-refractivity contribution in [2.45, 2.75) is 10.2 Å². The maximum absolute atomic E-state index is 5.63. The summed E-state index contributed by atoms with van der Waals surface area (Å²) in [6, 6.07) is 14.3. The van der Waals surface area contributed by atoms with Crippen molar-refractivity contribution in [3.63, 3.8) is 0 Å². The molecule has 18 heavy (non-hydrogen) atoms. The van der Waals surface area contributed by atoms with Crippen molar-refractivity contribution in [3.8, 4) is 5.75 Å². The fourth-order valence-electron chi connectivity index (χ4n) is 1.41. The fraction of sp³-hybridized carbons (Fsp3) is 0.214. The van der Waals surface area contributed by atoms with Crippen LogP contribution in [0.1, 0.15) is 5.69 Å². The second-order valence-electron chi connectivity index (χ2n) is 3.63. The molecule has 0 radical (unpaired) electrons. The number of hydrogen-bond acceptors (Lipinski definition) is 3. The second kappa shape index (κ2) is 7.44. The summed E-state index contributed by atoms with van der Waals surface area (Å²) in [6.45, 7) is 0.689. The van der Waals surface area contributed by atoms with Crippen LogP contribution in [0.15, 0.2) is 53.6 Å². The minimum Gasteiger partial charge on any atom is -0.491 e.